The molecule has 8 nitrogen and oxygen atoms in total. The van der Waals surface area contributed by atoms with Crippen molar-refractivity contribution in [1.29, 1.82) is 0 Å². The molecule has 0 radical (unpaired) electrons. The van der Waals surface area contributed by atoms with Gasteiger partial charge in [-0.3, -0.25) is 4.90 Å². The number of amides is 2. The summed E-state index contributed by atoms with van der Waals surface area (Å²) in [6, 6.07) is 22.5. The minimum Gasteiger partial charge on any atom is -0.493 e. The van der Waals surface area contributed by atoms with E-state index in [4.69, 9.17) is 14.2 Å². The number of esters is 1. The summed E-state index contributed by atoms with van der Waals surface area (Å²) in [5.74, 6) is 0.517. The third kappa shape index (κ3) is 7.59. The van der Waals surface area contributed by atoms with E-state index < -0.39 is 0 Å². The molecule has 2 aliphatic heterocycles. The highest BCUT2D eigenvalue weighted by Crippen LogP contribution is 2.28. The molecule has 0 atom stereocenters. The molecule has 0 aromatic heterocycles. The van der Waals surface area contributed by atoms with E-state index >= 15 is 0 Å². The van der Waals surface area contributed by atoms with Crippen LogP contribution in [0.5, 0.6) is 5.75 Å². The van der Waals surface area contributed by atoms with E-state index in [0.29, 0.717) is 25.3 Å². The van der Waals surface area contributed by atoms with Gasteiger partial charge in [0, 0.05) is 44.8 Å². The summed E-state index contributed by atoms with van der Waals surface area (Å²) in [5, 5.41) is 3.07. The lowest BCUT2D eigenvalue weighted by molar-refractivity contribution is 0.0365. The van der Waals surface area contributed by atoms with Crippen molar-refractivity contribution in [3.05, 3.63) is 95.1 Å². The zero-order valence-electron chi connectivity index (χ0n) is 22.1. The molecule has 2 aliphatic rings. The van der Waals surface area contributed by atoms with E-state index in [-0.39, 0.29) is 18.6 Å². The summed E-state index contributed by atoms with van der Waals surface area (Å²) in [4.78, 5) is 30.1. The first-order valence-electron chi connectivity index (χ1n) is 13.6. The number of fused-ring (bicyclic) bond motifs is 1. The number of benzene rings is 3. The summed E-state index contributed by atoms with van der Waals surface area (Å²) in [5.41, 5.74) is 4.24. The molecule has 0 bridgehead atoms. The van der Waals surface area contributed by atoms with Crippen LogP contribution >= 0.6 is 0 Å². The number of ether oxygens (including phenoxy) is 3. The summed E-state index contributed by atoms with van der Waals surface area (Å²) < 4.78 is 16.5. The fraction of sp³-hybridized carbons (Fsp3) is 0.355. The number of carbonyl (C=O) groups is 2. The number of anilines is 1. The predicted octanol–water partition coefficient (Wildman–Crippen LogP) is 4.73. The normalized spacial score (nSPS) is 14.8. The molecule has 8 heteroatoms. The topological polar surface area (TPSA) is 80.3 Å². The third-order valence-electron chi connectivity index (χ3n) is 7.01. The maximum absolute atomic E-state index is 13.4. The van der Waals surface area contributed by atoms with Crippen LogP contribution in [0.2, 0.25) is 0 Å². The maximum atomic E-state index is 13.4. The van der Waals surface area contributed by atoms with Gasteiger partial charge in [-0.1, -0.05) is 42.5 Å². The van der Waals surface area contributed by atoms with Crippen LogP contribution in [-0.2, 0) is 29.0 Å². The number of nitrogens with zero attached hydrogens (tertiary/aromatic N) is 2. The van der Waals surface area contributed by atoms with Crippen LogP contribution < -0.4 is 10.1 Å². The highest BCUT2D eigenvalue weighted by atomic mass is 16.5. The fourth-order valence-corrected chi connectivity index (χ4v) is 4.80. The van der Waals surface area contributed by atoms with E-state index in [1.54, 1.807) is 12.1 Å². The zero-order chi connectivity index (χ0) is 26.9. The Morgan fingerprint density at radius 1 is 0.923 bits per heavy atom. The minimum atomic E-state index is -0.369. The van der Waals surface area contributed by atoms with Crippen LogP contribution in [0.3, 0.4) is 0 Å². The van der Waals surface area contributed by atoms with Gasteiger partial charge < -0.3 is 24.4 Å². The average Bonchev–Trinajstić information content (AvgIpc) is 3.45. The SMILES string of the molecule is O=C(OCc1ccccc1)c1ccc(CN(CCCN2CCOCC2)C(=O)Nc2ccc3c(c2)CCO3)cc1. The Kier molecular flexibility index (Phi) is 9.09. The fourth-order valence-electron chi connectivity index (χ4n) is 4.80. The van der Waals surface area contributed by atoms with Gasteiger partial charge in [0.05, 0.1) is 25.4 Å². The van der Waals surface area contributed by atoms with Gasteiger partial charge in [-0.2, -0.15) is 0 Å². The van der Waals surface area contributed by atoms with E-state index in [1.807, 2.05) is 65.6 Å². The van der Waals surface area contributed by atoms with E-state index in [0.717, 1.165) is 73.8 Å². The molecule has 1 N–H and O–H groups in total. The molecule has 0 saturated carbocycles. The van der Waals surface area contributed by atoms with Crippen molar-refractivity contribution in [2.24, 2.45) is 0 Å². The lowest BCUT2D eigenvalue weighted by atomic mass is 10.1. The van der Waals surface area contributed by atoms with Crippen molar-refractivity contribution >= 4 is 17.7 Å². The maximum Gasteiger partial charge on any atom is 0.338 e. The molecule has 0 unspecified atom stereocenters. The van der Waals surface area contributed by atoms with Gasteiger partial charge in [0.2, 0.25) is 0 Å². The molecule has 2 heterocycles. The first kappa shape index (κ1) is 26.7. The van der Waals surface area contributed by atoms with Gasteiger partial charge >= 0.3 is 12.0 Å². The second-order valence-corrected chi connectivity index (χ2v) is 9.84. The molecule has 204 valence electrons. The summed E-state index contributed by atoms with van der Waals surface area (Å²) in [6.07, 6.45) is 1.71. The van der Waals surface area contributed by atoms with Crippen molar-refractivity contribution in [2.75, 3.05) is 51.3 Å². The molecular formula is C31H35N3O5. The van der Waals surface area contributed by atoms with Gasteiger partial charge in [0.15, 0.2) is 0 Å². The third-order valence-corrected chi connectivity index (χ3v) is 7.01. The molecule has 1 fully saturated rings. The summed E-state index contributed by atoms with van der Waals surface area (Å²) >= 11 is 0. The van der Waals surface area contributed by atoms with Crippen LogP contribution in [0, 0.1) is 0 Å². The average molecular weight is 530 g/mol. The number of hydrogen-bond donors (Lipinski definition) is 1. The smallest absolute Gasteiger partial charge is 0.338 e. The highest BCUT2D eigenvalue weighted by Gasteiger charge is 2.18. The van der Waals surface area contributed by atoms with Crippen molar-refractivity contribution in [2.45, 2.75) is 26.0 Å². The molecule has 5 rings (SSSR count). The van der Waals surface area contributed by atoms with Gasteiger partial charge in [-0.25, -0.2) is 9.59 Å². The van der Waals surface area contributed by atoms with Crippen molar-refractivity contribution < 1.29 is 23.8 Å². The second kappa shape index (κ2) is 13.3. The predicted molar refractivity (Wildman–Crippen MR) is 149 cm³/mol. The number of nitrogens with one attached hydrogen (secondary N) is 1. The number of rotatable bonds is 10. The van der Waals surface area contributed by atoms with E-state index in [1.165, 1.54) is 0 Å². The van der Waals surface area contributed by atoms with E-state index in [9.17, 15) is 9.59 Å². The van der Waals surface area contributed by atoms with Crippen molar-refractivity contribution in [3.63, 3.8) is 0 Å². The first-order valence-corrected chi connectivity index (χ1v) is 13.6. The Balaban J connectivity index is 1.20. The number of hydrogen-bond acceptors (Lipinski definition) is 6. The van der Waals surface area contributed by atoms with Gasteiger partial charge in [-0.05, 0) is 53.4 Å². The Morgan fingerprint density at radius 3 is 2.51 bits per heavy atom. The van der Waals surface area contributed by atoms with Gasteiger partial charge in [0.25, 0.3) is 0 Å². The van der Waals surface area contributed by atoms with Crippen LogP contribution in [0.1, 0.15) is 33.5 Å². The number of morpholine rings is 1. The molecule has 1 saturated heterocycles. The molecular weight excluding hydrogens is 494 g/mol. The van der Waals surface area contributed by atoms with Gasteiger partial charge in [0.1, 0.15) is 12.4 Å². The molecule has 0 spiro atoms. The first-order chi connectivity index (χ1) is 19.1. The Bertz CT molecular complexity index is 1240. The van der Waals surface area contributed by atoms with Crippen LogP contribution in [0.15, 0.2) is 72.8 Å². The molecule has 39 heavy (non-hydrogen) atoms. The monoisotopic (exact) mass is 529 g/mol. The van der Waals surface area contributed by atoms with Crippen LogP contribution in [-0.4, -0.2) is 67.8 Å². The lowest BCUT2D eigenvalue weighted by Crippen LogP contribution is -2.40. The number of urea groups is 1. The second-order valence-electron chi connectivity index (χ2n) is 9.84. The lowest BCUT2D eigenvalue weighted by Gasteiger charge is -2.28. The minimum absolute atomic E-state index is 0.151. The van der Waals surface area contributed by atoms with Crippen LogP contribution in [0.25, 0.3) is 0 Å². The highest BCUT2D eigenvalue weighted by molar-refractivity contribution is 5.90. The van der Waals surface area contributed by atoms with Crippen molar-refractivity contribution in [3.8, 4) is 5.75 Å². The molecule has 3 aromatic carbocycles. The standard InChI is InChI=1S/C31H35N3O5/c35-30(39-23-25-5-2-1-3-6-25)26-9-7-24(8-10-26)22-34(15-4-14-33-16-19-37-20-17-33)31(36)32-28-11-12-29-27(21-28)13-18-38-29/h1-3,5-12,21H,4,13-20,22-23H2,(H,32,36). The molecule has 0 aliphatic carbocycles. The summed E-state index contributed by atoms with van der Waals surface area (Å²) in [6.45, 7) is 6.22. The zero-order valence-corrected chi connectivity index (χ0v) is 22.1. The quantitative estimate of drug-likeness (QED) is 0.383. The Labute approximate surface area is 229 Å². The summed E-state index contributed by atoms with van der Waals surface area (Å²) in [7, 11) is 0. The Hall–Kier alpha value is -3.88. The van der Waals surface area contributed by atoms with Crippen molar-refractivity contribution in [1.82, 2.24) is 9.80 Å². The number of carbonyl (C=O) groups excluding carboxylic acids is 2. The van der Waals surface area contributed by atoms with Crippen LogP contribution in [0.4, 0.5) is 10.5 Å². The van der Waals surface area contributed by atoms with E-state index in [2.05, 4.69) is 10.2 Å². The Morgan fingerprint density at radius 2 is 1.72 bits per heavy atom. The van der Waals surface area contributed by atoms with Gasteiger partial charge in [-0.15, -0.1) is 0 Å². The largest absolute Gasteiger partial charge is 0.493 e. The molecule has 2 amide bonds. The molecule has 3 aromatic rings.